The van der Waals surface area contributed by atoms with Crippen molar-refractivity contribution in [2.75, 3.05) is 12.3 Å². The summed E-state index contributed by atoms with van der Waals surface area (Å²) in [6.45, 7) is 0. The van der Waals surface area contributed by atoms with Gasteiger partial charge < -0.3 is 0 Å². The maximum absolute atomic E-state index is 2.51. The molecule has 0 saturated carbocycles. The Bertz CT molecular complexity index is 1250. The molecule has 2 atom stereocenters. The molecule has 0 spiro atoms. The molecule has 212 valence electrons. The van der Waals surface area contributed by atoms with Crippen molar-refractivity contribution in [3.8, 4) is 0 Å². The monoisotopic (exact) mass is 577 g/mol. The quantitative estimate of drug-likeness (QED) is 0.125. The van der Waals surface area contributed by atoms with Crippen LogP contribution in [-0.4, -0.2) is 18.0 Å². The molecule has 0 aliphatic heterocycles. The zero-order chi connectivity index (χ0) is 28.0. The van der Waals surface area contributed by atoms with Crippen LogP contribution < -0.4 is 15.9 Å². The highest BCUT2D eigenvalue weighted by molar-refractivity contribution is 7.90. The van der Waals surface area contributed by atoms with E-state index in [9.17, 15) is 0 Å². The SMILES string of the molecule is C1=CCC([P+](CCCCCCCCCP(C2=CCCC=C2)c2ccccc2)(c2ccccc2)c2ccccc2)C=C1. The van der Waals surface area contributed by atoms with Crippen LogP contribution in [0.4, 0.5) is 0 Å². The summed E-state index contributed by atoms with van der Waals surface area (Å²) in [5, 5.41) is 6.31. The standard InChI is InChI=1S/C39H47P2/c1(2-4-21-33-40(35-23-11-6-12-24-35)36-25-13-7-14-26-36)3-5-22-34-41(37-27-15-8-16-28-37,38-29-17-9-18-30-38)39-31-19-10-20-32-39/h6,8-13,15-20,23-31,39H,1-5,7,14,21-22,32-34H2/q+1. The number of unbranched alkanes of at least 4 members (excludes halogenated alkanes) is 6. The van der Waals surface area contributed by atoms with Gasteiger partial charge in [0.25, 0.3) is 0 Å². The summed E-state index contributed by atoms with van der Waals surface area (Å²) < 4.78 is 0. The van der Waals surface area contributed by atoms with Gasteiger partial charge in [0.1, 0.15) is 5.66 Å². The van der Waals surface area contributed by atoms with Crippen LogP contribution >= 0.6 is 15.2 Å². The zero-order valence-corrected chi connectivity index (χ0v) is 26.4. The topological polar surface area (TPSA) is 0 Å². The van der Waals surface area contributed by atoms with Crippen molar-refractivity contribution in [1.82, 2.24) is 0 Å². The van der Waals surface area contributed by atoms with Gasteiger partial charge in [-0.15, -0.1) is 0 Å². The Kier molecular flexibility index (Phi) is 11.8. The molecule has 2 heteroatoms. The van der Waals surface area contributed by atoms with Crippen LogP contribution in [0.5, 0.6) is 0 Å². The van der Waals surface area contributed by atoms with E-state index in [1.54, 1.807) is 21.2 Å². The fraction of sp³-hybridized carbons (Fsp3) is 0.333. The molecule has 0 aromatic heterocycles. The predicted octanol–water partition coefficient (Wildman–Crippen LogP) is 10.3. The second kappa shape index (κ2) is 16.2. The molecule has 0 amide bonds. The summed E-state index contributed by atoms with van der Waals surface area (Å²) in [5.41, 5.74) is 0.603. The molecule has 5 rings (SSSR count). The molecule has 3 aromatic rings. The summed E-state index contributed by atoms with van der Waals surface area (Å²) in [5.74, 6) is 0. The van der Waals surface area contributed by atoms with Crippen LogP contribution in [0.2, 0.25) is 0 Å². The highest BCUT2D eigenvalue weighted by Crippen LogP contribution is 2.63. The molecule has 2 aliphatic carbocycles. The van der Waals surface area contributed by atoms with Crippen molar-refractivity contribution in [3.05, 3.63) is 139 Å². The van der Waals surface area contributed by atoms with Crippen molar-refractivity contribution in [3.63, 3.8) is 0 Å². The van der Waals surface area contributed by atoms with Crippen LogP contribution in [0.1, 0.15) is 64.2 Å². The van der Waals surface area contributed by atoms with Crippen molar-refractivity contribution >= 4 is 31.1 Å². The first-order chi connectivity index (χ1) is 20.4. The Labute approximate surface area is 251 Å². The highest BCUT2D eigenvalue weighted by atomic mass is 31.2. The lowest BCUT2D eigenvalue weighted by Crippen LogP contribution is -2.33. The summed E-state index contributed by atoms with van der Waals surface area (Å²) in [4.78, 5) is 0. The highest BCUT2D eigenvalue weighted by Gasteiger charge is 2.48. The molecular formula is C39H47P2+. The fourth-order valence-electron chi connectivity index (χ4n) is 6.57. The minimum Gasteiger partial charge on any atom is -0.0836 e. The molecule has 0 bridgehead atoms. The van der Waals surface area contributed by atoms with Gasteiger partial charge >= 0.3 is 0 Å². The predicted molar refractivity (Wildman–Crippen MR) is 187 cm³/mol. The van der Waals surface area contributed by atoms with E-state index in [4.69, 9.17) is 0 Å². The van der Waals surface area contributed by atoms with E-state index in [0.717, 1.165) is 6.42 Å². The first kappa shape index (κ1) is 30.0. The van der Waals surface area contributed by atoms with E-state index in [1.807, 2.05) is 0 Å². The molecule has 0 radical (unpaired) electrons. The third-order valence-corrected chi connectivity index (χ3v) is 16.3. The molecule has 2 aliphatic rings. The molecule has 0 saturated heterocycles. The lowest BCUT2D eigenvalue weighted by Gasteiger charge is -2.34. The van der Waals surface area contributed by atoms with Crippen molar-refractivity contribution in [2.24, 2.45) is 0 Å². The average Bonchev–Trinajstić information content (AvgIpc) is 3.06. The lowest BCUT2D eigenvalue weighted by molar-refractivity contribution is 0.604. The second-order valence-electron chi connectivity index (χ2n) is 11.5. The summed E-state index contributed by atoms with van der Waals surface area (Å²) in [6, 6.07) is 34.3. The first-order valence-electron chi connectivity index (χ1n) is 15.9. The summed E-state index contributed by atoms with van der Waals surface area (Å²) >= 11 is 0. The van der Waals surface area contributed by atoms with Gasteiger partial charge in [0.15, 0.2) is 0 Å². The normalized spacial score (nSPS) is 17.4. The summed E-state index contributed by atoms with van der Waals surface area (Å²) in [6.07, 6.45) is 32.4. The molecule has 0 nitrogen and oxygen atoms in total. The van der Waals surface area contributed by atoms with Crippen molar-refractivity contribution < 1.29 is 0 Å². The van der Waals surface area contributed by atoms with Gasteiger partial charge in [-0.3, -0.25) is 0 Å². The van der Waals surface area contributed by atoms with Crippen LogP contribution in [0.25, 0.3) is 0 Å². The maximum atomic E-state index is 2.51. The average molecular weight is 578 g/mol. The van der Waals surface area contributed by atoms with Gasteiger partial charge in [0.05, 0.1) is 24.0 Å². The zero-order valence-electron chi connectivity index (χ0n) is 24.7. The largest absolute Gasteiger partial charge is 0.101 e. The van der Waals surface area contributed by atoms with Crippen LogP contribution in [0, 0.1) is 0 Å². The fourth-order valence-corrected chi connectivity index (χ4v) is 14.0. The van der Waals surface area contributed by atoms with Crippen molar-refractivity contribution in [1.29, 1.82) is 0 Å². The molecule has 0 heterocycles. The third kappa shape index (κ3) is 8.07. The Balaban J connectivity index is 1.13. The Morgan fingerprint density at radius 2 is 1.22 bits per heavy atom. The van der Waals surface area contributed by atoms with Crippen molar-refractivity contribution in [2.45, 2.75) is 69.9 Å². The third-order valence-electron chi connectivity index (χ3n) is 8.71. The number of rotatable bonds is 15. The molecule has 2 unspecified atom stereocenters. The van der Waals surface area contributed by atoms with Gasteiger partial charge in [-0.1, -0.05) is 129 Å². The molecule has 3 aromatic carbocycles. The van der Waals surface area contributed by atoms with E-state index >= 15 is 0 Å². The van der Waals surface area contributed by atoms with E-state index in [0.29, 0.717) is 5.66 Å². The maximum Gasteiger partial charge on any atom is 0.101 e. The minimum absolute atomic E-state index is 0.201. The second-order valence-corrected chi connectivity index (χ2v) is 17.7. The lowest BCUT2D eigenvalue weighted by atomic mass is 10.1. The van der Waals surface area contributed by atoms with Crippen LogP contribution in [-0.2, 0) is 0 Å². The van der Waals surface area contributed by atoms with Gasteiger partial charge in [0.2, 0.25) is 0 Å². The van der Waals surface area contributed by atoms with Crippen LogP contribution in [0.15, 0.2) is 139 Å². The smallest absolute Gasteiger partial charge is 0.0836 e. The van der Waals surface area contributed by atoms with Gasteiger partial charge in [0, 0.05) is 6.42 Å². The van der Waals surface area contributed by atoms with Gasteiger partial charge in [-0.2, -0.15) is 0 Å². The molecular weight excluding hydrogens is 530 g/mol. The number of benzene rings is 3. The number of hydrogen-bond acceptors (Lipinski definition) is 0. The van der Waals surface area contributed by atoms with Gasteiger partial charge in [-0.05, 0) is 87.1 Å². The molecule has 0 N–H and O–H groups in total. The molecule has 41 heavy (non-hydrogen) atoms. The van der Waals surface area contributed by atoms with E-state index in [-0.39, 0.29) is 7.92 Å². The van der Waals surface area contributed by atoms with E-state index in [2.05, 4.69) is 134 Å². The van der Waals surface area contributed by atoms with Gasteiger partial charge in [-0.25, -0.2) is 0 Å². The Morgan fingerprint density at radius 3 is 1.80 bits per heavy atom. The molecule has 0 fully saturated rings. The minimum atomic E-state index is -1.54. The Morgan fingerprint density at radius 1 is 0.610 bits per heavy atom. The van der Waals surface area contributed by atoms with E-state index < -0.39 is 7.26 Å². The van der Waals surface area contributed by atoms with Crippen LogP contribution in [0.3, 0.4) is 0 Å². The van der Waals surface area contributed by atoms with E-state index in [1.165, 1.54) is 70.1 Å². The number of hydrogen-bond donors (Lipinski definition) is 0. The Hall–Kier alpha value is -2.52. The summed E-state index contributed by atoms with van der Waals surface area (Å²) in [7, 11) is -1.74. The number of allylic oxidation sites excluding steroid dienone is 8. The first-order valence-corrected chi connectivity index (χ1v) is 19.5.